The van der Waals surface area contributed by atoms with Crippen LogP contribution in [0.3, 0.4) is 0 Å². The van der Waals surface area contributed by atoms with Gasteiger partial charge in [0.25, 0.3) is 0 Å². The van der Waals surface area contributed by atoms with Crippen LogP contribution in [0, 0.1) is 17.2 Å². The Kier molecular flexibility index (Phi) is 10.5. The van der Waals surface area contributed by atoms with Crippen LogP contribution in [0.15, 0.2) is 30.3 Å². The number of carbonyl (C=O) groups excluding carboxylic acids is 2. The Hall–Kier alpha value is -2.41. The van der Waals surface area contributed by atoms with Crippen LogP contribution in [0.5, 0.6) is 0 Å². The van der Waals surface area contributed by atoms with Crippen LogP contribution >= 0.6 is 0 Å². The van der Waals surface area contributed by atoms with E-state index in [9.17, 15) is 9.59 Å². The number of hydrogen-bond acceptors (Lipinski definition) is 6. The van der Waals surface area contributed by atoms with Crippen molar-refractivity contribution in [3.8, 4) is 0 Å². The molecule has 4 atom stereocenters. The van der Waals surface area contributed by atoms with Crippen molar-refractivity contribution in [2.24, 2.45) is 11.8 Å². The molecule has 1 fully saturated rings. The van der Waals surface area contributed by atoms with Gasteiger partial charge < -0.3 is 14.8 Å². The first-order chi connectivity index (χ1) is 16.1. The second-order valence-electron chi connectivity index (χ2n) is 10.4. The zero-order valence-electron chi connectivity index (χ0n) is 21.7. The molecule has 0 bridgehead atoms. The minimum atomic E-state index is -0.596. The number of nitrogens with zero attached hydrogens (tertiary/aromatic N) is 1. The molecule has 7 heteroatoms. The zero-order valence-corrected chi connectivity index (χ0v) is 21.7. The Morgan fingerprint density at radius 2 is 1.85 bits per heavy atom. The minimum absolute atomic E-state index is 0.0333. The van der Waals surface area contributed by atoms with Gasteiger partial charge in [-0.3, -0.25) is 19.9 Å². The van der Waals surface area contributed by atoms with Gasteiger partial charge in [-0.25, -0.2) is 0 Å². The molecule has 2 rings (SSSR count). The molecule has 0 radical (unpaired) electrons. The third-order valence-corrected chi connectivity index (χ3v) is 6.62. The summed E-state index contributed by atoms with van der Waals surface area (Å²) in [6, 6.07) is 9.35. The Morgan fingerprint density at radius 3 is 2.38 bits per heavy atom. The van der Waals surface area contributed by atoms with Gasteiger partial charge in [-0.2, -0.15) is 0 Å². The molecule has 34 heavy (non-hydrogen) atoms. The van der Waals surface area contributed by atoms with Gasteiger partial charge in [0.15, 0.2) is 6.40 Å². The number of rotatable bonds is 12. The molecule has 1 amide bonds. The van der Waals surface area contributed by atoms with Crippen LogP contribution in [0.1, 0.15) is 72.8 Å². The lowest BCUT2D eigenvalue weighted by Crippen LogP contribution is -2.54. The van der Waals surface area contributed by atoms with E-state index in [1.165, 1.54) is 0 Å². The van der Waals surface area contributed by atoms with E-state index in [1.807, 2.05) is 39.0 Å². The van der Waals surface area contributed by atoms with Gasteiger partial charge in [-0.05, 0) is 45.1 Å². The molecule has 1 aliphatic heterocycles. The van der Waals surface area contributed by atoms with E-state index in [-0.39, 0.29) is 29.9 Å². The van der Waals surface area contributed by atoms with Crippen molar-refractivity contribution in [1.29, 1.82) is 5.41 Å². The van der Waals surface area contributed by atoms with Crippen LogP contribution in [0.25, 0.3) is 0 Å². The van der Waals surface area contributed by atoms with E-state index < -0.39 is 11.6 Å². The highest BCUT2D eigenvalue weighted by molar-refractivity contribution is 5.77. The molecule has 1 aliphatic rings. The number of benzene rings is 1. The first kappa shape index (κ1) is 27.8. The van der Waals surface area contributed by atoms with E-state index in [0.717, 1.165) is 31.2 Å². The Balaban J connectivity index is 2.50. The van der Waals surface area contributed by atoms with Crippen molar-refractivity contribution >= 4 is 18.3 Å². The summed E-state index contributed by atoms with van der Waals surface area (Å²) in [4.78, 5) is 27.8. The number of ether oxygens (including phenoxy) is 2. The molecule has 0 aromatic heterocycles. The largest absolute Gasteiger partial charge is 0.483 e. The molecule has 0 spiro atoms. The Bertz CT molecular complexity index is 789. The molecule has 0 aliphatic carbocycles. The fraction of sp³-hybridized carbons (Fsp3) is 0.667. The summed E-state index contributed by atoms with van der Waals surface area (Å²) in [7, 11) is 0. The van der Waals surface area contributed by atoms with Gasteiger partial charge in [0.05, 0.1) is 6.61 Å². The van der Waals surface area contributed by atoms with E-state index in [2.05, 4.69) is 36.2 Å². The van der Waals surface area contributed by atoms with Crippen molar-refractivity contribution in [2.45, 2.75) is 97.5 Å². The van der Waals surface area contributed by atoms with Crippen molar-refractivity contribution in [1.82, 2.24) is 10.2 Å². The lowest BCUT2D eigenvalue weighted by molar-refractivity contribution is -0.161. The summed E-state index contributed by atoms with van der Waals surface area (Å²) in [5, 5.41) is 10.6. The van der Waals surface area contributed by atoms with E-state index in [1.54, 1.807) is 6.92 Å². The van der Waals surface area contributed by atoms with Gasteiger partial charge in [0.2, 0.25) is 5.91 Å². The molecule has 190 valence electrons. The normalized spacial score (nSPS) is 21.8. The lowest BCUT2D eigenvalue weighted by Gasteiger charge is -2.38. The molecule has 1 aromatic carbocycles. The number of hydrogen-bond donors (Lipinski definition) is 2. The highest BCUT2D eigenvalue weighted by Crippen LogP contribution is 2.37. The molecular formula is C27H43N3O4. The third kappa shape index (κ3) is 8.12. The highest BCUT2D eigenvalue weighted by Gasteiger charge is 2.49. The van der Waals surface area contributed by atoms with Crippen LogP contribution in [0.2, 0.25) is 0 Å². The van der Waals surface area contributed by atoms with Crippen LogP contribution in [0.4, 0.5) is 0 Å². The first-order valence-electron chi connectivity index (χ1n) is 12.5. The number of carbonyl (C=O) groups is 2. The minimum Gasteiger partial charge on any atom is -0.483 e. The summed E-state index contributed by atoms with van der Waals surface area (Å²) >= 11 is 0. The summed E-state index contributed by atoms with van der Waals surface area (Å²) in [5.41, 5.74) is 0.500. The number of nitrogens with one attached hydrogen (secondary N) is 2. The topological polar surface area (TPSA) is 91.7 Å². The summed E-state index contributed by atoms with van der Waals surface area (Å²) < 4.78 is 11.3. The predicted molar refractivity (Wildman–Crippen MR) is 135 cm³/mol. The maximum Gasteiger partial charge on any atom is 0.323 e. The second kappa shape index (κ2) is 12.9. The molecule has 0 saturated carbocycles. The smallest absolute Gasteiger partial charge is 0.323 e. The number of esters is 1. The number of amides is 1. The SMILES string of the molecule is CCC(CC)CC(NC(C)=O)C1C(COC=N)CC(C(=O)OC(C)(C)C)N1Cc1ccccc1. The quantitative estimate of drug-likeness (QED) is 0.264. The Labute approximate surface area is 205 Å². The van der Waals surface area contributed by atoms with Crippen LogP contribution < -0.4 is 5.32 Å². The van der Waals surface area contributed by atoms with E-state index in [4.69, 9.17) is 14.9 Å². The lowest BCUT2D eigenvalue weighted by atomic mass is 9.86. The fourth-order valence-corrected chi connectivity index (χ4v) is 5.08. The van der Waals surface area contributed by atoms with Crippen molar-refractivity contribution in [3.05, 3.63) is 35.9 Å². The van der Waals surface area contributed by atoms with Crippen molar-refractivity contribution in [2.75, 3.05) is 6.61 Å². The molecule has 2 N–H and O–H groups in total. The van der Waals surface area contributed by atoms with E-state index in [0.29, 0.717) is 25.5 Å². The van der Waals surface area contributed by atoms with E-state index >= 15 is 0 Å². The third-order valence-electron chi connectivity index (χ3n) is 6.62. The summed E-state index contributed by atoms with van der Waals surface area (Å²) in [5.74, 6) is 0.0901. The molecular weight excluding hydrogens is 430 g/mol. The fourth-order valence-electron chi connectivity index (χ4n) is 5.08. The van der Waals surface area contributed by atoms with Crippen LogP contribution in [-0.2, 0) is 25.6 Å². The summed E-state index contributed by atoms with van der Waals surface area (Å²) in [6.07, 6.45) is 4.38. The van der Waals surface area contributed by atoms with Gasteiger partial charge in [-0.15, -0.1) is 0 Å². The average molecular weight is 474 g/mol. The van der Waals surface area contributed by atoms with Crippen molar-refractivity contribution < 1.29 is 19.1 Å². The standard InChI is InChI=1S/C27H43N3O4/c1-7-20(8-2)14-23(29-19(3)31)25-22(17-33-18-28)15-24(26(32)34-27(4,5)6)30(25)16-21-12-10-9-11-13-21/h9-13,18,20,22-25,28H,7-8,14-17H2,1-6H3,(H,29,31). The summed E-state index contributed by atoms with van der Waals surface area (Å²) in [6.45, 7) is 12.4. The maximum atomic E-state index is 13.4. The maximum absolute atomic E-state index is 13.4. The van der Waals surface area contributed by atoms with Gasteiger partial charge in [0, 0.05) is 31.5 Å². The van der Waals surface area contributed by atoms with Gasteiger partial charge in [0.1, 0.15) is 11.6 Å². The highest BCUT2D eigenvalue weighted by atomic mass is 16.6. The molecule has 7 nitrogen and oxygen atoms in total. The number of likely N-dealkylation sites (tertiary alicyclic amines) is 1. The predicted octanol–water partition coefficient (Wildman–Crippen LogP) is 4.54. The monoisotopic (exact) mass is 473 g/mol. The molecule has 1 aromatic rings. The zero-order chi connectivity index (χ0) is 25.3. The van der Waals surface area contributed by atoms with Crippen LogP contribution in [-0.4, -0.2) is 53.5 Å². The molecule has 1 saturated heterocycles. The van der Waals surface area contributed by atoms with Crippen molar-refractivity contribution in [3.63, 3.8) is 0 Å². The molecule has 1 heterocycles. The van der Waals surface area contributed by atoms with Gasteiger partial charge in [-0.1, -0.05) is 57.0 Å². The molecule has 4 unspecified atom stereocenters. The average Bonchev–Trinajstić information content (AvgIpc) is 3.12. The second-order valence-corrected chi connectivity index (χ2v) is 10.4. The first-order valence-corrected chi connectivity index (χ1v) is 12.5. The Morgan fingerprint density at radius 1 is 1.21 bits per heavy atom. The van der Waals surface area contributed by atoms with Gasteiger partial charge >= 0.3 is 5.97 Å².